The Balaban J connectivity index is 2.26. The molecule has 0 aliphatic carbocycles. The SMILES string of the molecule is COc1cc(C2=CCNCC2)ccp1. The summed E-state index contributed by atoms with van der Waals surface area (Å²) < 4.78 is 5.25. The van der Waals surface area contributed by atoms with Crippen LogP contribution >= 0.6 is 8.19 Å². The Morgan fingerprint density at radius 3 is 3.14 bits per heavy atom. The van der Waals surface area contributed by atoms with Crippen molar-refractivity contribution in [3.8, 4) is 5.48 Å². The Morgan fingerprint density at radius 2 is 2.43 bits per heavy atom. The van der Waals surface area contributed by atoms with Crippen LogP contribution in [0.25, 0.3) is 5.57 Å². The van der Waals surface area contributed by atoms with E-state index in [-0.39, 0.29) is 0 Å². The molecule has 0 radical (unpaired) electrons. The zero-order valence-corrected chi connectivity index (χ0v) is 9.18. The highest BCUT2D eigenvalue weighted by atomic mass is 31.0. The lowest BCUT2D eigenvalue weighted by molar-refractivity contribution is 0.427. The molecule has 0 unspecified atom stereocenters. The summed E-state index contributed by atoms with van der Waals surface area (Å²) in [5.74, 6) is 2.14. The highest BCUT2D eigenvalue weighted by Gasteiger charge is 2.05. The molecule has 1 aliphatic heterocycles. The lowest BCUT2D eigenvalue weighted by Crippen LogP contribution is -2.19. The van der Waals surface area contributed by atoms with Crippen molar-refractivity contribution in [1.29, 1.82) is 0 Å². The third-order valence-electron chi connectivity index (χ3n) is 2.38. The Morgan fingerprint density at radius 1 is 1.50 bits per heavy atom. The largest absolute Gasteiger partial charge is 0.492 e. The maximum absolute atomic E-state index is 5.25. The first-order valence-electron chi connectivity index (χ1n) is 4.80. The predicted octanol–water partition coefficient (Wildman–Crippen LogP) is 2.65. The quantitative estimate of drug-likeness (QED) is 0.805. The average molecular weight is 207 g/mol. The van der Waals surface area contributed by atoms with Crippen LogP contribution < -0.4 is 10.1 Å². The van der Waals surface area contributed by atoms with Gasteiger partial charge < -0.3 is 10.1 Å². The van der Waals surface area contributed by atoms with Gasteiger partial charge in [-0.25, -0.2) is 0 Å². The molecule has 0 saturated carbocycles. The molecule has 1 N–H and O–H groups in total. The van der Waals surface area contributed by atoms with Crippen molar-refractivity contribution in [2.75, 3.05) is 20.2 Å². The minimum Gasteiger partial charge on any atom is -0.492 e. The van der Waals surface area contributed by atoms with Crippen LogP contribution in [0.1, 0.15) is 12.0 Å². The van der Waals surface area contributed by atoms with E-state index in [1.807, 2.05) is 0 Å². The van der Waals surface area contributed by atoms with E-state index in [0.717, 1.165) is 33.2 Å². The number of hydrogen-bond acceptors (Lipinski definition) is 2. The van der Waals surface area contributed by atoms with Crippen molar-refractivity contribution in [2.45, 2.75) is 6.42 Å². The summed E-state index contributed by atoms with van der Waals surface area (Å²) >= 11 is 0. The molecule has 0 bridgehead atoms. The van der Waals surface area contributed by atoms with E-state index in [2.05, 4.69) is 29.3 Å². The topological polar surface area (TPSA) is 21.3 Å². The van der Waals surface area contributed by atoms with Crippen molar-refractivity contribution < 1.29 is 4.74 Å². The third-order valence-corrected chi connectivity index (χ3v) is 3.24. The minimum absolute atomic E-state index is 0.987. The molecule has 1 aromatic rings. The highest BCUT2D eigenvalue weighted by Crippen LogP contribution is 2.29. The van der Waals surface area contributed by atoms with Gasteiger partial charge >= 0.3 is 0 Å². The van der Waals surface area contributed by atoms with Gasteiger partial charge in [0.25, 0.3) is 0 Å². The maximum Gasteiger partial charge on any atom is 0.145 e. The predicted molar refractivity (Wildman–Crippen MR) is 61.0 cm³/mol. The van der Waals surface area contributed by atoms with Gasteiger partial charge in [0.1, 0.15) is 5.48 Å². The van der Waals surface area contributed by atoms with Gasteiger partial charge in [0.15, 0.2) is 0 Å². The molecule has 74 valence electrons. The maximum atomic E-state index is 5.25. The first-order chi connectivity index (χ1) is 6.90. The second-order valence-electron chi connectivity index (χ2n) is 3.27. The second-order valence-corrected chi connectivity index (χ2v) is 4.27. The fourth-order valence-electron chi connectivity index (χ4n) is 1.61. The van der Waals surface area contributed by atoms with E-state index in [0.29, 0.717) is 0 Å². The third kappa shape index (κ3) is 2.14. The van der Waals surface area contributed by atoms with Crippen molar-refractivity contribution in [3.05, 3.63) is 29.6 Å². The van der Waals surface area contributed by atoms with Gasteiger partial charge in [0.05, 0.1) is 7.11 Å². The molecule has 0 amide bonds. The molecule has 2 nitrogen and oxygen atoms in total. The van der Waals surface area contributed by atoms with Gasteiger partial charge in [-0.15, -0.1) is 0 Å². The van der Waals surface area contributed by atoms with Gasteiger partial charge in [-0.05, 0) is 50.2 Å². The molecule has 0 spiro atoms. The lowest BCUT2D eigenvalue weighted by atomic mass is 10.0. The standard InChI is InChI=1S/C11H14NOP/c1-13-11-8-10(4-7-14-11)9-2-5-12-6-3-9/h2,4,7-8,12H,3,5-6H2,1H3. The normalized spacial score (nSPS) is 16.8. The zero-order chi connectivity index (χ0) is 9.80. The van der Waals surface area contributed by atoms with E-state index in [1.165, 1.54) is 11.1 Å². The van der Waals surface area contributed by atoms with E-state index in [1.54, 1.807) is 7.11 Å². The van der Waals surface area contributed by atoms with Crippen LogP contribution in [0, 0.1) is 0 Å². The molecule has 1 aromatic heterocycles. The molecule has 0 saturated heterocycles. The molecule has 0 fully saturated rings. The molecule has 0 atom stereocenters. The van der Waals surface area contributed by atoms with Crippen molar-refractivity contribution in [2.24, 2.45) is 0 Å². The van der Waals surface area contributed by atoms with Gasteiger partial charge in [0, 0.05) is 6.54 Å². The van der Waals surface area contributed by atoms with Crippen LogP contribution in [0.3, 0.4) is 0 Å². The van der Waals surface area contributed by atoms with Gasteiger partial charge in [-0.3, -0.25) is 0 Å². The fourth-order valence-corrected chi connectivity index (χ4v) is 2.31. The highest BCUT2D eigenvalue weighted by molar-refractivity contribution is 7.31. The van der Waals surface area contributed by atoms with Crippen LogP contribution in [0.4, 0.5) is 0 Å². The van der Waals surface area contributed by atoms with E-state index in [9.17, 15) is 0 Å². The average Bonchev–Trinajstić information content (AvgIpc) is 2.30. The van der Waals surface area contributed by atoms with Crippen molar-refractivity contribution in [1.82, 2.24) is 5.32 Å². The van der Waals surface area contributed by atoms with Crippen LogP contribution in [0.5, 0.6) is 5.48 Å². The first kappa shape index (κ1) is 9.70. The summed E-state index contributed by atoms with van der Waals surface area (Å²) in [6.07, 6.45) is 3.37. The van der Waals surface area contributed by atoms with Gasteiger partial charge in [0.2, 0.25) is 0 Å². The Kier molecular flexibility index (Phi) is 3.18. The molecule has 2 rings (SSSR count). The smallest absolute Gasteiger partial charge is 0.145 e. The van der Waals surface area contributed by atoms with Crippen LogP contribution in [0.15, 0.2) is 24.0 Å². The number of methoxy groups -OCH3 is 1. The molecule has 2 heterocycles. The molecular weight excluding hydrogens is 193 g/mol. The van der Waals surface area contributed by atoms with Gasteiger partial charge in [-0.2, -0.15) is 0 Å². The summed E-state index contributed by atoms with van der Waals surface area (Å²) in [5.41, 5.74) is 3.77. The molecule has 0 aromatic carbocycles. The summed E-state index contributed by atoms with van der Waals surface area (Å²) in [7, 11) is 2.89. The van der Waals surface area contributed by atoms with E-state index < -0.39 is 0 Å². The summed E-state index contributed by atoms with van der Waals surface area (Å²) in [6.45, 7) is 2.07. The van der Waals surface area contributed by atoms with Crippen molar-refractivity contribution >= 4 is 13.8 Å². The van der Waals surface area contributed by atoms with Gasteiger partial charge in [-0.1, -0.05) is 6.08 Å². The molecule has 3 heteroatoms. The van der Waals surface area contributed by atoms with Crippen LogP contribution in [-0.4, -0.2) is 20.2 Å². The first-order valence-corrected chi connectivity index (χ1v) is 5.76. The number of ether oxygens (including phenoxy) is 1. The number of hydrogen-bond donors (Lipinski definition) is 1. The van der Waals surface area contributed by atoms with Crippen molar-refractivity contribution in [3.63, 3.8) is 0 Å². The Bertz CT molecular complexity index is 349. The lowest BCUT2D eigenvalue weighted by Gasteiger charge is -2.14. The summed E-state index contributed by atoms with van der Waals surface area (Å²) in [5, 5.41) is 3.31. The van der Waals surface area contributed by atoms with E-state index >= 15 is 0 Å². The van der Waals surface area contributed by atoms with Crippen LogP contribution in [0.2, 0.25) is 0 Å². The summed E-state index contributed by atoms with van der Waals surface area (Å²) in [4.78, 5) is 0. The Hall–Kier alpha value is -0.850. The number of nitrogens with one attached hydrogen (secondary N) is 1. The minimum atomic E-state index is 0.987. The van der Waals surface area contributed by atoms with E-state index in [4.69, 9.17) is 4.74 Å². The molecular formula is C11H14NOP. The molecule has 14 heavy (non-hydrogen) atoms. The summed E-state index contributed by atoms with van der Waals surface area (Å²) in [6, 6.07) is 4.32. The molecule has 1 aliphatic rings. The monoisotopic (exact) mass is 207 g/mol. The Labute approximate surface area is 86.1 Å². The second kappa shape index (κ2) is 4.59. The number of rotatable bonds is 2. The van der Waals surface area contributed by atoms with Crippen LogP contribution in [-0.2, 0) is 0 Å². The zero-order valence-electron chi connectivity index (χ0n) is 8.29. The fraction of sp³-hybridized carbons (Fsp3) is 0.364.